The Hall–Kier alpha value is -0.940. The van der Waals surface area contributed by atoms with Crippen LogP contribution in [-0.2, 0) is 17.6 Å². The molecule has 30 heavy (non-hydrogen) atoms. The molecular weight excluding hydrogens is 460 g/mol. The van der Waals surface area contributed by atoms with Gasteiger partial charge in [-0.2, -0.15) is 0 Å². The molecule has 5 heteroatoms. The molecule has 1 saturated heterocycles. The van der Waals surface area contributed by atoms with E-state index in [2.05, 4.69) is 39.4 Å². The van der Waals surface area contributed by atoms with E-state index in [0.717, 1.165) is 41.9 Å². The SMILES string of the molecule is CC.COCCC[C@H]1CC(C2c3ccc(Cl)cc3CCc3cc(Br)cnc32)CCN1. The Morgan fingerprint density at radius 3 is 2.80 bits per heavy atom. The van der Waals surface area contributed by atoms with Crippen molar-refractivity contribution in [3.8, 4) is 0 Å². The van der Waals surface area contributed by atoms with E-state index in [4.69, 9.17) is 21.3 Å². The van der Waals surface area contributed by atoms with Crippen molar-refractivity contribution in [3.05, 3.63) is 62.3 Å². The second kappa shape index (κ2) is 11.6. The van der Waals surface area contributed by atoms with Gasteiger partial charge >= 0.3 is 0 Å². The van der Waals surface area contributed by atoms with Crippen LogP contribution in [0.5, 0.6) is 0 Å². The molecule has 1 aliphatic carbocycles. The smallest absolute Gasteiger partial charge is 0.0514 e. The van der Waals surface area contributed by atoms with Gasteiger partial charge in [-0.25, -0.2) is 0 Å². The van der Waals surface area contributed by atoms with Gasteiger partial charge in [0.05, 0.1) is 5.69 Å². The second-order valence-electron chi connectivity index (χ2n) is 8.09. The highest BCUT2D eigenvalue weighted by atomic mass is 79.9. The molecule has 1 N–H and O–H groups in total. The number of pyridine rings is 1. The molecule has 0 radical (unpaired) electrons. The first-order valence-electron chi connectivity index (χ1n) is 11.3. The van der Waals surface area contributed by atoms with Crippen molar-refractivity contribution >= 4 is 27.5 Å². The van der Waals surface area contributed by atoms with Crippen molar-refractivity contribution < 1.29 is 4.74 Å². The Morgan fingerprint density at radius 2 is 2.00 bits per heavy atom. The molecule has 2 aliphatic rings. The molecule has 1 fully saturated rings. The number of rotatable bonds is 5. The number of ether oxygens (including phenoxy) is 1. The van der Waals surface area contributed by atoms with E-state index in [1.54, 1.807) is 7.11 Å². The molecular formula is C25H34BrClN2O. The third-order valence-electron chi connectivity index (χ3n) is 6.27. The number of hydrogen-bond acceptors (Lipinski definition) is 3. The molecule has 4 rings (SSSR count). The first-order valence-corrected chi connectivity index (χ1v) is 12.5. The number of methoxy groups -OCH3 is 1. The molecule has 2 aromatic rings. The second-order valence-corrected chi connectivity index (χ2v) is 9.44. The standard InChI is InChI=1S/C23H28BrClN2O.C2H6/c1-28-10-2-3-20-13-16(8-9-26-20)22-21-7-6-19(25)12-15(21)4-5-17-11-18(24)14-27-23(17)22;1-2/h6-7,11-12,14,16,20,22,26H,2-5,8-10,13H2,1H3;1-2H3/t16?,20-,22?;/m0./s1. The quantitative estimate of drug-likeness (QED) is 0.480. The van der Waals surface area contributed by atoms with E-state index in [-0.39, 0.29) is 0 Å². The minimum absolute atomic E-state index is 0.352. The molecule has 2 unspecified atom stereocenters. The number of fused-ring (bicyclic) bond motifs is 2. The van der Waals surface area contributed by atoms with Crippen molar-refractivity contribution in [2.45, 2.75) is 64.3 Å². The normalized spacial score (nSPS) is 22.9. The van der Waals surface area contributed by atoms with Crippen molar-refractivity contribution in [2.24, 2.45) is 5.92 Å². The van der Waals surface area contributed by atoms with E-state index < -0.39 is 0 Å². The van der Waals surface area contributed by atoms with Crippen LogP contribution in [0.2, 0.25) is 5.02 Å². The van der Waals surface area contributed by atoms with Gasteiger partial charge in [0.15, 0.2) is 0 Å². The van der Waals surface area contributed by atoms with E-state index in [0.29, 0.717) is 17.9 Å². The van der Waals surface area contributed by atoms with E-state index in [1.807, 2.05) is 26.1 Å². The van der Waals surface area contributed by atoms with Crippen LogP contribution in [0.15, 0.2) is 34.9 Å². The average Bonchev–Trinajstić information content (AvgIpc) is 2.92. The number of benzene rings is 1. The summed E-state index contributed by atoms with van der Waals surface area (Å²) in [5.41, 5.74) is 5.47. The maximum Gasteiger partial charge on any atom is 0.0514 e. The monoisotopic (exact) mass is 492 g/mol. The average molecular weight is 494 g/mol. The van der Waals surface area contributed by atoms with E-state index >= 15 is 0 Å². The fourth-order valence-corrected chi connectivity index (χ4v) is 5.57. The molecule has 0 saturated carbocycles. The Kier molecular flexibility index (Phi) is 9.18. The summed E-state index contributed by atoms with van der Waals surface area (Å²) < 4.78 is 6.32. The van der Waals surface area contributed by atoms with Gasteiger partial charge in [0, 0.05) is 41.4 Å². The number of aromatic nitrogens is 1. The summed E-state index contributed by atoms with van der Waals surface area (Å²) in [6, 6.07) is 9.30. The van der Waals surface area contributed by atoms with Crippen LogP contribution < -0.4 is 5.32 Å². The minimum atomic E-state index is 0.352. The maximum absolute atomic E-state index is 6.35. The molecule has 1 aliphatic heterocycles. The van der Waals surface area contributed by atoms with Crippen LogP contribution in [0.3, 0.4) is 0 Å². The molecule has 0 bridgehead atoms. The summed E-state index contributed by atoms with van der Waals surface area (Å²) in [5.74, 6) is 0.948. The summed E-state index contributed by atoms with van der Waals surface area (Å²) in [7, 11) is 1.78. The number of aryl methyl sites for hydroxylation is 2. The zero-order chi connectivity index (χ0) is 21.5. The molecule has 164 valence electrons. The number of hydrogen-bond donors (Lipinski definition) is 1. The van der Waals surface area contributed by atoms with Gasteiger partial charge in [-0.05, 0) is 102 Å². The highest BCUT2D eigenvalue weighted by Gasteiger charge is 2.34. The topological polar surface area (TPSA) is 34.1 Å². The lowest BCUT2D eigenvalue weighted by Crippen LogP contribution is -2.40. The van der Waals surface area contributed by atoms with Crippen molar-refractivity contribution in [3.63, 3.8) is 0 Å². The lowest BCUT2D eigenvalue weighted by atomic mass is 9.74. The van der Waals surface area contributed by atoms with Crippen LogP contribution in [0.25, 0.3) is 0 Å². The van der Waals surface area contributed by atoms with Gasteiger partial charge in [-0.1, -0.05) is 31.5 Å². The zero-order valence-corrected chi connectivity index (χ0v) is 20.7. The van der Waals surface area contributed by atoms with Gasteiger partial charge in [0.25, 0.3) is 0 Å². The van der Waals surface area contributed by atoms with Crippen LogP contribution in [-0.4, -0.2) is 31.3 Å². The fourth-order valence-electron chi connectivity index (χ4n) is 5.00. The Bertz CT molecular complexity index is 775. The van der Waals surface area contributed by atoms with Crippen molar-refractivity contribution in [1.29, 1.82) is 0 Å². The molecule has 1 aromatic heterocycles. The zero-order valence-electron chi connectivity index (χ0n) is 18.4. The van der Waals surface area contributed by atoms with Crippen molar-refractivity contribution in [2.75, 3.05) is 20.3 Å². The number of halogens is 2. The number of nitrogens with one attached hydrogen (secondary N) is 1. The lowest BCUT2D eigenvalue weighted by molar-refractivity contribution is 0.181. The van der Waals surface area contributed by atoms with Crippen LogP contribution in [0.1, 0.15) is 67.8 Å². The lowest BCUT2D eigenvalue weighted by Gasteiger charge is -2.36. The van der Waals surface area contributed by atoms with Gasteiger partial charge in [0.2, 0.25) is 0 Å². The number of piperidine rings is 1. The summed E-state index contributed by atoms with van der Waals surface area (Å²) >= 11 is 9.97. The molecule has 3 atom stereocenters. The minimum Gasteiger partial charge on any atom is -0.385 e. The van der Waals surface area contributed by atoms with Gasteiger partial charge in [-0.15, -0.1) is 0 Å². The third kappa shape index (κ3) is 5.64. The molecule has 2 heterocycles. The first kappa shape index (κ1) is 23.7. The summed E-state index contributed by atoms with van der Waals surface area (Å²) in [6.07, 6.45) is 8.67. The Balaban J connectivity index is 0.00000124. The first-order chi connectivity index (χ1) is 14.7. The Labute approximate surface area is 195 Å². The fraction of sp³-hybridized carbons (Fsp3) is 0.560. The van der Waals surface area contributed by atoms with E-state index in [9.17, 15) is 0 Å². The summed E-state index contributed by atoms with van der Waals surface area (Å²) in [6.45, 7) is 5.92. The van der Waals surface area contributed by atoms with Crippen LogP contribution in [0.4, 0.5) is 0 Å². The summed E-state index contributed by atoms with van der Waals surface area (Å²) in [4.78, 5) is 4.94. The predicted molar refractivity (Wildman–Crippen MR) is 130 cm³/mol. The molecule has 3 nitrogen and oxygen atoms in total. The molecule has 0 amide bonds. The molecule has 1 aromatic carbocycles. The highest BCUT2D eigenvalue weighted by molar-refractivity contribution is 9.10. The van der Waals surface area contributed by atoms with Gasteiger partial charge in [0.1, 0.15) is 0 Å². The highest BCUT2D eigenvalue weighted by Crippen LogP contribution is 2.43. The van der Waals surface area contributed by atoms with Gasteiger partial charge < -0.3 is 10.1 Å². The maximum atomic E-state index is 6.35. The third-order valence-corrected chi connectivity index (χ3v) is 6.94. The Morgan fingerprint density at radius 1 is 1.20 bits per heavy atom. The van der Waals surface area contributed by atoms with Crippen LogP contribution >= 0.6 is 27.5 Å². The van der Waals surface area contributed by atoms with E-state index in [1.165, 1.54) is 41.6 Å². The number of nitrogens with zero attached hydrogens (tertiary/aromatic N) is 1. The largest absolute Gasteiger partial charge is 0.385 e. The predicted octanol–water partition coefficient (Wildman–Crippen LogP) is 6.55. The summed E-state index contributed by atoms with van der Waals surface area (Å²) in [5, 5.41) is 4.56. The van der Waals surface area contributed by atoms with Crippen molar-refractivity contribution in [1.82, 2.24) is 10.3 Å². The molecule has 0 spiro atoms. The van der Waals surface area contributed by atoms with Crippen LogP contribution in [0, 0.1) is 5.92 Å². The van der Waals surface area contributed by atoms with Gasteiger partial charge in [-0.3, -0.25) is 4.98 Å².